The number of hydrogen-bond donors (Lipinski definition) is 2. The van der Waals surface area contributed by atoms with Gasteiger partial charge in [0.2, 0.25) is 5.78 Å². The minimum absolute atomic E-state index is 0.0393. The topological polar surface area (TPSA) is 113 Å². The summed E-state index contributed by atoms with van der Waals surface area (Å²) in [6.07, 6.45) is 2.37. The number of carbonyl (C=O) groups excluding carboxylic acids is 1. The maximum absolute atomic E-state index is 12.5. The number of nitrogens with zero attached hydrogens (tertiary/aromatic N) is 1. The summed E-state index contributed by atoms with van der Waals surface area (Å²) in [5.41, 5.74) is 4.09. The van der Waals surface area contributed by atoms with E-state index in [0.717, 1.165) is 11.8 Å². The second-order valence-electron chi connectivity index (χ2n) is 6.12. The van der Waals surface area contributed by atoms with Crippen molar-refractivity contribution in [1.29, 1.82) is 0 Å². The lowest BCUT2D eigenvalue weighted by Crippen LogP contribution is -2.27. The van der Waals surface area contributed by atoms with Crippen LogP contribution in [0.1, 0.15) is 16.7 Å². The number of aryl methyl sites for hydroxylation is 1. The van der Waals surface area contributed by atoms with Gasteiger partial charge in [-0.3, -0.25) is 10.2 Å². The number of ketones is 1. The molecule has 0 radical (unpaired) electrons. The molecule has 0 amide bonds. The van der Waals surface area contributed by atoms with E-state index < -0.39 is 27.2 Å². The number of Topliss-reactive ketones (excluding diaryl/α,β-unsaturated/α-hetero) is 1. The van der Waals surface area contributed by atoms with Crippen LogP contribution in [0.4, 0.5) is 5.69 Å². The van der Waals surface area contributed by atoms with Gasteiger partial charge in [0.1, 0.15) is 11.3 Å². The lowest BCUT2D eigenvalue weighted by Gasteiger charge is -2.16. The van der Waals surface area contributed by atoms with Crippen LogP contribution in [0.5, 0.6) is 0 Å². The maximum atomic E-state index is 12.5. The molecule has 0 bridgehead atoms. The minimum Gasteiger partial charge on any atom is -0.478 e. The minimum atomic E-state index is -3.53. The smallest absolute Gasteiger partial charge is 0.339 e. The molecule has 0 spiro atoms. The van der Waals surface area contributed by atoms with Crippen LogP contribution < -0.4 is 5.43 Å². The molecule has 1 aliphatic carbocycles. The number of hydrogen-bond acceptors (Lipinski definition) is 6. The highest BCUT2D eigenvalue weighted by Gasteiger charge is 2.30. The van der Waals surface area contributed by atoms with Crippen molar-refractivity contribution in [1.82, 2.24) is 0 Å². The van der Waals surface area contributed by atoms with E-state index in [1.54, 1.807) is 43.3 Å². The molecule has 7 nitrogen and oxygen atoms in total. The first-order chi connectivity index (χ1) is 12.7. The summed E-state index contributed by atoms with van der Waals surface area (Å²) in [5.74, 6) is -2.10. The van der Waals surface area contributed by atoms with Gasteiger partial charge in [0.05, 0.1) is 10.6 Å². The molecule has 0 aromatic heterocycles. The molecule has 0 saturated carbocycles. The zero-order chi connectivity index (χ0) is 19.8. The molecule has 8 heteroatoms. The van der Waals surface area contributed by atoms with Crippen molar-refractivity contribution in [3.63, 3.8) is 0 Å². The normalized spacial score (nSPS) is 15.3. The first kappa shape index (κ1) is 18.5. The molecular weight excluding hydrogens is 368 g/mol. The van der Waals surface area contributed by atoms with Crippen LogP contribution in [0, 0.1) is 6.92 Å². The lowest BCUT2D eigenvalue weighted by atomic mass is 9.89. The second-order valence-corrected chi connectivity index (χ2v) is 8.11. The van der Waals surface area contributed by atoms with E-state index in [9.17, 15) is 23.1 Å². The fourth-order valence-electron chi connectivity index (χ4n) is 2.72. The Kier molecular flexibility index (Phi) is 4.67. The average molecular weight is 384 g/mol. The summed E-state index contributed by atoms with van der Waals surface area (Å²) in [6.45, 7) is 1.76. The number of carboxylic acids is 1. The summed E-state index contributed by atoms with van der Waals surface area (Å²) >= 11 is 0. The Bertz CT molecular complexity index is 1130. The lowest BCUT2D eigenvalue weighted by molar-refractivity contribution is -0.133. The second kappa shape index (κ2) is 6.81. The van der Waals surface area contributed by atoms with E-state index in [-0.39, 0.29) is 16.3 Å². The Balaban J connectivity index is 2.10. The standard InChI is InChI=1S/C19H16N2O5S/c1-11-7-8-15(16(9-11)27(2,25)26)20-21-17-13-6-4-3-5-12(13)10-14(18(17)22)19(23)24/h3-10,20H,1-2H3,(H,23,24)/b21-17-. The van der Waals surface area contributed by atoms with Gasteiger partial charge in [-0.25, -0.2) is 13.2 Å². The van der Waals surface area contributed by atoms with Gasteiger partial charge >= 0.3 is 5.97 Å². The number of aliphatic carboxylic acids is 1. The van der Waals surface area contributed by atoms with Crippen LogP contribution in [0.25, 0.3) is 6.08 Å². The van der Waals surface area contributed by atoms with Crippen LogP contribution in [0.2, 0.25) is 0 Å². The Morgan fingerprint density at radius 2 is 1.85 bits per heavy atom. The predicted molar refractivity (Wildman–Crippen MR) is 102 cm³/mol. The molecular formula is C19H16N2O5S. The van der Waals surface area contributed by atoms with E-state index in [1.165, 1.54) is 12.1 Å². The number of benzene rings is 2. The van der Waals surface area contributed by atoms with Crippen molar-refractivity contribution in [2.75, 3.05) is 11.7 Å². The van der Waals surface area contributed by atoms with Gasteiger partial charge in [0.25, 0.3) is 0 Å². The van der Waals surface area contributed by atoms with Crippen LogP contribution in [-0.2, 0) is 19.4 Å². The summed E-state index contributed by atoms with van der Waals surface area (Å²) < 4.78 is 24.0. The summed E-state index contributed by atoms with van der Waals surface area (Å²) in [6, 6.07) is 11.5. The molecule has 0 atom stereocenters. The van der Waals surface area contributed by atoms with Gasteiger partial charge in [0.15, 0.2) is 9.84 Å². The fraction of sp³-hybridized carbons (Fsp3) is 0.105. The van der Waals surface area contributed by atoms with Crippen molar-refractivity contribution in [3.8, 4) is 0 Å². The molecule has 0 saturated heterocycles. The number of carboxylic acid groups (broad SMARTS) is 1. The van der Waals surface area contributed by atoms with Crippen LogP contribution >= 0.6 is 0 Å². The Morgan fingerprint density at radius 3 is 2.52 bits per heavy atom. The number of sulfone groups is 1. The van der Waals surface area contributed by atoms with E-state index in [4.69, 9.17) is 0 Å². The van der Waals surface area contributed by atoms with E-state index in [2.05, 4.69) is 10.5 Å². The first-order valence-corrected chi connectivity index (χ1v) is 9.81. The number of carbonyl (C=O) groups is 2. The average Bonchev–Trinajstić information content (AvgIpc) is 2.60. The zero-order valence-electron chi connectivity index (χ0n) is 14.6. The summed E-state index contributed by atoms with van der Waals surface area (Å²) in [7, 11) is -3.53. The highest BCUT2D eigenvalue weighted by molar-refractivity contribution is 7.90. The van der Waals surface area contributed by atoms with E-state index in [1.807, 2.05) is 0 Å². The number of hydrazone groups is 1. The third-order valence-corrected chi connectivity index (χ3v) is 5.17. The number of nitrogens with one attached hydrogen (secondary N) is 1. The van der Waals surface area contributed by atoms with Crippen molar-refractivity contribution in [3.05, 3.63) is 64.7 Å². The molecule has 3 rings (SSSR count). The van der Waals surface area contributed by atoms with E-state index >= 15 is 0 Å². The quantitative estimate of drug-likeness (QED) is 0.618. The fourth-order valence-corrected chi connectivity index (χ4v) is 3.64. The van der Waals surface area contributed by atoms with Gasteiger partial charge < -0.3 is 5.11 Å². The van der Waals surface area contributed by atoms with Gasteiger partial charge in [-0.15, -0.1) is 0 Å². The molecule has 0 fully saturated rings. The van der Waals surface area contributed by atoms with Crippen molar-refractivity contribution >= 4 is 39.1 Å². The van der Waals surface area contributed by atoms with Crippen LogP contribution in [0.3, 0.4) is 0 Å². The zero-order valence-corrected chi connectivity index (χ0v) is 15.4. The highest BCUT2D eigenvalue weighted by Crippen LogP contribution is 2.25. The van der Waals surface area contributed by atoms with E-state index in [0.29, 0.717) is 11.1 Å². The van der Waals surface area contributed by atoms with Gasteiger partial charge in [-0.1, -0.05) is 30.3 Å². The Morgan fingerprint density at radius 1 is 1.15 bits per heavy atom. The first-order valence-electron chi connectivity index (χ1n) is 7.92. The van der Waals surface area contributed by atoms with Gasteiger partial charge in [-0.05, 0) is 36.3 Å². The number of anilines is 1. The van der Waals surface area contributed by atoms with Gasteiger partial charge in [-0.2, -0.15) is 5.10 Å². The summed E-state index contributed by atoms with van der Waals surface area (Å²) in [4.78, 5) is 24.0. The highest BCUT2D eigenvalue weighted by atomic mass is 32.2. The van der Waals surface area contributed by atoms with Crippen LogP contribution in [-0.4, -0.2) is 37.2 Å². The molecule has 27 heavy (non-hydrogen) atoms. The van der Waals surface area contributed by atoms with Crippen molar-refractivity contribution in [2.45, 2.75) is 11.8 Å². The van der Waals surface area contributed by atoms with Crippen molar-refractivity contribution in [2.24, 2.45) is 5.10 Å². The largest absolute Gasteiger partial charge is 0.478 e. The summed E-state index contributed by atoms with van der Waals surface area (Å²) in [5, 5.41) is 13.3. The molecule has 2 aromatic rings. The SMILES string of the molecule is Cc1ccc(N/N=C2\C(=O)C(C(=O)O)=Cc3ccccc32)c(S(C)(=O)=O)c1. The molecule has 0 unspecified atom stereocenters. The number of fused-ring (bicyclic) bond motifs is 1. The third kappa shape index (κ3) is 3.65. The Labute approximate surface area is 156 Å². The molecule has 1 aliphatic rings. The molecule has 2 aromatic carbocycles. The Hall–Kier alpha value is -3.26. The molecule has 0 aliphatic heterocycles. The monoisotopic (exact) mass is 384 g/mol. The predicted octanol–water partition coefficient (Wildman–Crippen LogP) is 2.27. The van der Waals surface area contributed by atoms with Crippen molar-refractivity contribution < 1.29 is 23.1 Å². The maximum Gasteiger partial charge on any atom is 0.339 e. The third-order valence-electron chi connectivity index (χ3n) is 4.03. The molecule has 2 N–H and O–H groups in total. The van der Waals surface area contributed by atoms with Gasteiger partial charge in [0, 0.05) is 11.8 Å². The van der Waals surface area contributed by atoms with Crippen LogP contribution in [0.15, 0.2) is 58.0 Å². The number of rotatable bonds is 4. The molecule has 138 valence electrons. The molecule has 0 heterocycles.